The third-order valence-electron chi connectivity index (χ3n) is 5.39. The zero-order chi connectivity index (χ0) is 23.8. The van der Waals surface area contributed by atoms with Crippen molar-refractivity contribution in [1.29, 1.82) is 0 Å². The van der Waals surface area contributed by atoms with Gasteiger partial charge in [0.15, 0.2) is 0 Å². The van der Waals surface area contributed by atoms with Crippen molar-refractivity contribution in [2.24, 2.45) is 0 Å². The number of fused-ring (bicyclic) bond motifs is 1. The summed E-state index contributed by atoms with van der Waals surface area (Å²) in [6.07, 6.45) is -4.44. The molecule has 0 bridgehead atoms. The molecular weight excluding hydrogens is 433 g/mol. The molecule has 1 amide bonds. The van der Waals surface area contributed by atoms with Crippen LogP contribution in [0.1, 0.15) is 33.3 Å². The molecule has 2 N–H and O–H groups in total. The van der Waals surface area contributed by atoms with Gasteiger partial charge in [0.2, 0.25) is 0 Å². The number of alkyl halides is 3. The Hall–Kier alpha value is -4.07. The quantitative estimate of drug-likeness (QED) is 0.373. The van der Waals surface area contributed by atoms with Crippen LogP contribution in [0.5, 0.6) is 0 Å². The number of carboxylic acid groups (broad SMARTS) is 1. The van der Waals surface area contributed by atoms with E-state index in [0.29, 0.717) is 34.3 Å². The topological polar surface area (TPSA) is 71.3 Å². The van der Waals surface area contributed by atoms with Crippen LogP contribution in [0, 0.1) is 0 Å². The lowest BCUT2D eigenvalue weighted by Gasteiger charge is -2.12. The van der Waals surface area contributed by atoms with Gasteiger partial charge in [0.25, 0.3) is 5.91 Å². The van der Waals surface area contributed by atoms with Crippen LogP contribution in [0.4, 0.5) is 18.9 Å². The molecule has 0 unspecified atom stereocenters. The molecule has 8 heteroatoms. The average molecular weight is 452 g/mol. The van der Waals surface area contributed by atoms with Gasteiger partial charge in [0.1, 0.15) is 5.69 Å². The lowest BCUT2D eigenvalue weighted by Crippen LogP contribution is -2.13. The van der Waals surface area contributed by atoms with Crippen molar-refractivity contribution in [3.05, 3.63) is 89.6 Å². The number of aromatic nitrogens is 1. The predicted molar refractivity (Wildman–Crippen MR) is 119 cm³/mol. The maximum atomic E-state index is 13.0. The number of nitrogens with zero attached hydrogens (tertiary/aromatic N) is 1. The van der Waals surface area contributed by atoms with Crippen molar-refractivity contribution in [1.82, 2.24) is 4.57 Å². The van der Waals surface area contributed by atoms with Gasteiger partial charge < -0.3 is 15.0 Å². The highest BCUT2D eigenvalue weighted by atomic mass is 19.4. The van der Waals surface area contributed by atoms with Crippen molar-refractivity contribution in [3.8, 4) is 11.1 Å². The maximum Gasteiger partial charge on any atom is 0.416 e. The number of carbonyl (C=O) groups excluding carboxylic acids is 1. The number of nitrogens with one attached hydrogen (secondary N) is 1. The number of hydrogen-bond acceptors (Lipinski definition) is 2. The number of amides is 1. The summed E-state index contributed by atoms with van der Waals surface area (Å²) in [5.41, 5.74) is 1.88. The van der Waals surface area contributed by atoms with Gasteiger partial charge in [-0.25, -0.2) is 4.79 Å². The molecule has 4 rings (SSSR count). The van der Waals surface area contributed by atoms with Gasteiger partial charge in [-0.05, 0) is 60.5 Å². The Bertz CT molecular complexity index is 1360. The van der Waals surface area contributed by atoms with E-state index in [9.17, 15) is 27.9 Å². The Balaban J connectivity index is 1.65. The van der Waals surface area contributed by atoms with Crippen LogP contribution in [-0.4, -0.2) is 21.6 Å². The van der Waals surface area contributed by atoms with Crippen LogP contribution < -0.4 is 5.32 Å². The standard InChI is InChI=1S/C25H19F3N2O3/c1-2-30-21-12-11-18(13-16(21)14-22(30)24(32)33)29-23(31)20-6-4-3-5-19(20)15-7-9-17(10-8-15)25(26,27)28/h3-14H,2H2,1H3,(H,29,31)(H,32,33). The first kappa shape index (κ1) is 22.1. The number of anilines is 1. The zero-order valence-corrected chi connectivity index (χ0v) is 17.5. The highest BCUT2D eigenvalue weighted by Crippen LogP contribution is 2.32. The van der Waals surface area contributed by atoms with Gasteiger partial charge in [-0.15, -0.1) is 0 Å². The number of carboxylic acids is 1. The highest BCUT2D eigenvalue weighted by molar-refractivity contribution is 6.09. The number of aromatic carboxylic acids is 1. The molecule has 0 saturated heterocycles. The minimum Gasteiger partial charge on any atom is -0.477 e. The second kappa shape index (κ2) is 8.46. The Labute approximate surface area is 187 Å². The molecule has 3 aromatic carbocycles. The van der Waals surface area contributed by atoms with Gasteiger partial charge in [-0.2, -0.15) is 13.2 Å². The molecular formula is C25H19F3N2O3. The molecule has 0 fully saturated rings. The van der Waals surface area contributed by atoms with Crippen LogP contribution in [0.15, 0.2) is 72.8 Å². The zero-order valence-electron chi connectivity index (χ0n) is 17.5. The van der Waals surface area contributed by atoms with Gasteiger partial charge >= 0.3 is 12.1 Å². The fraction of sp³-hybridized carbons (Fsp3) is 0.120. The molecule has 168 valence electrons. The summed E-state index contributed by atoms with van der Waals surface area (Å²) in [7, 11) is 0. The minimum absolute atomic E-state index is 0.156. The number of carbonyl (C=O) groups is 2. The fourth-order valence-electron chi connectivity index (χ4n) is 3.84. The van der Waals surface area contributed by atoms with E-state index in [-0.39, 0.29) is 5.69 Å². The van der Waals surface area contributed by atoms with Crippen molar-refractivity contribution >= 4 is 28.5 Å². The summed E-state index contributed by atoms with van der Waals surface area (Å²) in [5, 5.41) is 12.9. The van der Waals surface area contributed by atoms with E-state index < -0.39 is 23.6 Å². The predicted octanol–water partition coefficient (Wildman–Crippen LogP) is 6.30. The van der Waals surface area contributed by atoms with Crippen LogP contribution in [0.3, 0.4) is 0 Å². The van der Waals surface area contributed by atoms with Crippen molar-refractivity contribution < 1.29 is 27.9 Å². The molecule has 0 saturated carbocycles. The van der Waals surface area contributed by atoms with Crippen LogP contribution in [0.25, 0.3) is 22.0 Å². The minimum atomic E-state index is -4.44. The van der Waals surface area contributed by atoms with Crippen molar-refractivity contribution in [3.63, 3.8) is 0 Å². The third-order valence-corrected chi connectivity index (χ3v) is 5.39. The van der Waals surface area contributed by atoms with Crippen LogP contribution in [-0.2, 0) is 12.7 Å². The molecule has 0 spiro atoms. The van der Waals surface area contributed by atoms with E-state index >= 15 is 0 Å². The molecule has 33 heavy (non-hydrogen) atoms. The van der Waals surface area contributed by atoms with Gasteiger partial charge in [-0.1, -0.05) is 30.3 Å². The Kier molecular flexibility index (Phi) is 5.68. The SMILES string of the molecule is CCn1c(C(=O)O)cc2cc(NC(=O)c3ccccc3-c3ccc(C(F)(F)F)cc3)ccc21. The summed E-state index contributed by atoms with van der Waals surface area (Å²) in [6, 6.07) is 17.9. The van der Waals surface area contributed by atoms with E-state index in [1.165, 1.54) is 12.1 Å². The summed E-state index contributed by atoms with van der Waals surface area (Å²) >= 11 is 0. The van der Waals surface area contributed by atoms with Gasteiger partial charge in [-0.3, -0.25) is 4.79 Å². The van der Waals surface area contributed by atoms with Crippen LogP contribution >= 0.6 is 0 Å². The fourth-order valence-corrected chi connectivity index (χ4v) is 3.84. The molecule has 4 aromatic rings. The van der Waals surface area contributed by atoms with Crippen molar-refractivity contribution in [2.75, 3.05) is 5.32 Å². The Morgan fingerprint density at radius 3 is 2.30 bits per heavy atom. The first-order chi connectivity index (χ1) is 15.7. The summed E-state index contributed by atoms with van der Waals surface area (Å²) in [6.45, 7) is 2.33. The van der Waals surface area contributed by atoms with E-state index in [1.807, 2.05) is 6.92 Å². The van der Waals surface area contributed by atoms with E-state index in [4.69, 9.17) is 0 Å². The van der Waals surface area contributed by atoms with E-state index in [2.05, 4.69) is 5.32 Å². The molecule has 0 aliphatic heterocycles. The first-order valence-corrected chi connectivity index (χ1v) is 10.1. The normalized spacial score (nSPS) is 11.5. The first-order valence-electron chi connectivity index (χ1n) is 10.1. The number of rotatable bonds is 5. The molecule has 1 heterocycles. The Morgan fingerprint density at radius 2 is 1.67 bits per heavy atom. The monoisotopic (exact) mass is 452 g/mol. The third kappa shape index (κ3) is 4.32. The van der Waals surface area contributed by atoms with E-state index in [0.717, 1.165) is 17.6 Å². The summed E-state index contributed by atoms with van der Waals surface area (Å²) < 4.78 is 40.3. The smallest absolute Gasteiger partial charge is 0.416 e. The number of hydrogen-bond donors (Lipinski definition) is 2. The molecule has 5 nitrogen and oxygen atoms in total. The molecule has 0 aliphatic rings. The lowest BCUT2D eigenvalue weighted by atomic mass is 9.98. The Morgan fingerprint density at radius 1 is 0.970 bits per heavy atom. The lowest BCUT2D eigenvalue weighted by molar-refractivity contribution is -0.137. The summed E-state index contributed by atoms with van der Waals surface area (Å²) in [4.78, 5) is 24.5. The average Bonchev–Trinajstić information content (AvgIpc) is 3.17. The largest absolute Gasteiger partial charge is 0.477 e. The number of halogens is 3. The number of benzene rings is 3. The van der Waals surface area contributed by atoms with Gasteiger partial charge in [0, 0.05) is 28.7 Å². The highest BCUT2D eigenvalue weighted by Gasteiger charge is 2.30. The maximum absolute atomic E-state index is 13.0. The van der Waals surface area contributed by atoms with Crippen molar-refractivity contribution in [2.45, 2.75) is 19.6 Å². The number of aryl methyl sites for hydroxylation is 1. The second-order valence-corrected chi connectivity index (χ2v) is 7.43. The summed E-state index contributed by atoms with van der Waals surface area (Å²) in [5.74, 6) is -1.47. The molecule has 0 radical (unpaired) electrons. The molecule has 0 aliphatic carbocycles. The van der Waals surface area contributed by atoms with E-state index in [1.54, 1.807) is 53.1 Å². The second-order valence-electron chi connectivity index (χ2n) is 7.43. The molecule has 0 atom stereocenters. The van der Waals surface area contributed by atoms with Crippen LogP contribution in [0.2, 0.25) is 0 Å². The van der Waals surface area contributed by atoms with Gasteiger partial charge in [0.05, 0.1) is 5.56 Å². The molecule has 1 aromatic heterocycles.